The number of primary amides is 1. The Morgan fingerprint density at radius 2 is 1.72 bits per heavy atom. The number of nitrogens with one attached hydrogen (secondary N) is 1. The normalized spacial score (nSPS) is 15.5. The Morgan fingerprint density at radius 3 is 2.31 bits per heavy atom. The van der Waals surface area contributed by atoms with Gasteiger partial charge in [0, 0.05) is 12.7 Å². The zero-order chi connectivity index (χ0) is 23.7. The zero-order valence-electron chi connectivity index (χ0n) is 18.3. The van der Waals surface area contributed by atoms with Gasteiger partial charge in [-0.3, -0.25) is 4.79 Å². The van der Waals surface area contributed by atoms with E-state index < -0.39 is 11.9 Å². The fourth-order valence-electron chi connectivity index (χ4n) is 3.32. The Labute approximate surface area is 187 Å². The first-order chi connectivity index (χ1) is 15.2. The van der Waals surface area contributed by atoms with E-state index in [0.717, 1.165) is 25.1 Å². The third-order valence-corrected chi connectivity index (χ3v) is 5.22. The van der Waals surface area contributed by atoms with Crippen LogP contribution in [0.4, 0.5) is 17.1 Å². The molecule has 0 aromatic heterocycles. The van der Waals surface area contributed by atoms with Crippen molar-refractivity contribution in [3.63, 3.8) is 0 Å². The molecule has 172 valence electrons. The Bertz CT molecular complexity index is 938. The van der Waals surface area contributed by atoms with Crippen molar-refractivity contribution in [3.8, 4) is 0 Å². The molecule has 2 aromatic rings. The minimum absolute atomic E-state index is 0.0671. The number of hydrogen-bond donors (Lipinski definition) is 4. The molecule has 9 nitrogen and oxygen atoms in total. The Balaban J connectivity index is 0.000000303. The standard InChI is InChI=1S/C16H16N2O4.C7H14N2O/c1-18(12-6-3-10(4-7-12)16(21)22-2)14-9-11(15(19)20)5-8-13(14)17;8-7(10)6-4-2-1-3-5-9-6/h3-9H,17H2,1-2H3,(H,19,20);6,9H,1-5H2,(H2,8,10). The third kappa shape index (κ3) is 6.71. The van der Waals surface area contributed by atoms with Crippen LogP contribution in [0.3, 0.4) is 0 Å². The van der Waals surface area contributed by atoms with E-state index >= 15 is 0 Å². The fraction of sp³-hybridized carbons (Fsp3) is 0.348. The molecule has 0 radical (unpaired) electrons. The monoisotopic (exact) mass is 442 g/mol. The average Bonchev–Trinajstić information content (AvgIpc) is 3.09. The molecule has 9 heteroatoms. The topological polar surface area (TPSA) is 148 Å². The maximum Gasteiger partial charge on any atom is 0.337 e. The first-order valence-electron chi connectivity index (χ1n) is 10.3. The van der Waals surface area contributed by atoms with Gasteiger partial charge in [-0.1, -0.05) is 12.8 Å². The summed E-state index contributed by atoms with van der Waals surface area (Å²) in [6.07, 6.45) is 4.43. The van der Waals surface area contributed by atoms with Gasteiger partial charge in [-0.15, -0.1) is 0 Å². The molecule has 1 atom stereocenters. The molecule has 0 spiro atoms. The highest BCUT2D eigenvalue weighted by Gasteiger charge is 2.15. The zero-order valence-corrected chi connectivity index (χ0v) is 18.3. The highest BCUT2D eigenvalue weighted by molar-refractivity contribution is 5.92. The minimum atomic E-state index is -1.02. The second-order valence-electron chi connectivity index (χ2n) is 7.43. The lowest BCUT2D eigenvalue weighted by Gasteiger charge is -2.22. The van der Waals surface area contributed by atoms with Gasteiger partial charge in [-0.25, -0.2) is 9.59 Å². The quantitative estimate of drug-likeness (QED) is 0.408. The van der Waals surface area contributed by atoms with Crippen LogP contribution in [0.1, 0.15) is 46.4 Å². The SMILES string of the molecule is COC(=O)c1ccc(N(C)c2cc(C(=O)O)ccc2N)cc1.NC(=O)C1CCCCCN1. The smallest absolute Gasteiger partial charge is 0.337 e. The van der Waals surface area contributed by atoms with Gasteiger partial charge in [-0.05, 0) is 61.9 Å². The van der Waals surface area contributed by atoms with E-state index in [1.807, 2.05) is 0 Å². The molecule has 1 aliphatic heterocycles. The molecule has 32 heavy (non-hydrogen) atoms. The number of nitrogen functional groups attached to an aromatic ring is 1. The van der Waals surface area contributed by atoms with Crippen molar-refractivity contribution in [2.45, 2.75) is 31.7 Å². The number of carbonyl (C=O) groups is 3. The number of benzene rings is 2. The Kier molecular flexibility index (Phi) is 9.03. The highest BCUT2D eigenvalue weighted by atomic mass is 16.5. The second kappa shape index (κ2) is 11.7. The van der Waals surface area contributed by atoms with Crippen LogP contribution in [0.15, 0.2) is 42.5 Å². The minimum Gasteiger partial charge on any atom is -0.478 e. The van der Waals surface area contributed by atoms with E-state index in [9.17, 15) is 14.4 Å². The molecule has 1 amide bonds. The van der Waals surface area contributed by atoms with Gasteiger partial charge < -0.3 is 31.5 Å². The van der Waals surface area contributed by atoms with Crippen LogP contribution in [0.2, 0.25) is 0 Å². The number of esters is 1. The van der Waals surface area contributed by atoms with Crippen LogP contribution < -0.4 is 21.7 Å². The van der Waals surface area contributed by atoms with Crippen LogP contribution in [-0.4, -0.2) is 49.7 Å². The van der Waals surface area contributed by atoms with E-state index in [4.69, 9.17) is 16.6 Å². The maximum atomic E-state index is 11.4. The molecule has 0 bridgehead atoms. The van der Waals surface area contributed by atoms with Crippen molar-refractivity contribution < 1.29 is 24.2 Å². The lowest BCUT2D eigenvalue weighted by Crippen LogP contribution is -2.40. The number of carboxylic acid groups (broad SMARTS) is 1. The van der Waals surface area contributed by atoms with Gasteiger partial charge in [0.15, 0.2) is 0 Å². The van der Waals surface area contributed by atoms with Gasteiger partial charge in [0.1, 0.15) is 0 Å². The van der Waals surface area contributed by atoms with Crippen molar-refractivity contribution in [1.29, 1.82) is 0 Å². The van der Waals surface area contributed by atoms with Crippen LogP contribution in [0.25, 0.3) is 0 Å². The van der Waals surface area contributed by atoms with Crippen molar-refractivity contribution in [2.75, 3.05) is 31.3 Å². The van der Waals surface area contributed by atoms with Gasteiger partial charge in [-0.2, -0.15) is 0 Å². The van der Waals surface area contributed by atoms with Gasteiger partial charge in [0.05, 0.1) is 35.7 Å². The largest absolute Gasteiger partial charge is 0.478 e. The predicted octanol–water partition coefficient (Wildman–Crippen LogP) is 2.53. The molecule has 1 fully saturated rings. The van der Waals surface area contributed by atoms with Crippen LogP contribution in [0.5, 0.6) is 0 Å². The van der Waals surface area contributed by atoms with E-state index in [-0.39, 0.29) is 17.5 Å². The number of nitrogens with zero attached hydrogens (tertiary/aromatic N) is 1. The van der Waals surface area contributed by atoms with Crippen molar-refractivity contribution in [2.24, 2.45) is 5.73 Å². The van der Waals surface area contributed by atoms with Crippen LogP contribution in [0, 0.1) is 0 Å². The number of nitrogens with two attached hydrogens (primary N) is 2. The molecule has 2 aromatic carbocycles. The predicted molar refractivity (Wildman–Crippen MR) is 123 cm³/mol. The lowest BCUT2D eigenvalue weighted by atomic mass is 10.1. The molecule has 1 heterocycles. The molecular weight excluding hydrogens is 412 g/mol. The summed E-state index contributed by atoms with van der Waals surface area (Å²) in [7, 11) is 3.09. The van der Waals surface area contributed by atoms with Crippen molar-refractivity contribution in [3.05, 3.63) is 53.6 Å². The number of rotatable bonds is 5. The van der Waals surface area contributed by atoms with E-state index in [0.29, 0.717) is 16.9 Å². The molecule has 1 unspecified atom stereocenters. The van der Waals surface area contributed by atoms with Gasteiger partial charge in [0.25, 0.3) is 0 Å². The van der Waals surface area contributed by atoms with E-state index in [2.05, 4.69) is 10.1 Å². The second-order valence-corrected chi connectivity index (χ2v) is 7.43. The van der Waals surface area contributed by atoms with Crippen LogP contribution in [-0.2, 0) is 9.53 Å². The molecule has 0 saturated carbocycles. The molecule has 0 aliphatic carbocycles. The summed E-state index contributed by atoms with van der Waals surface area (Å²) >= 11 is 0. The van der Waals surface area contributed by atoms with Gasteiger partial charge >= 0.3 is 11.9 Å². The Hall–Kier alpha value is -3.59. The Morgan fingerprint density at radius 1 is 1.06 bits per heavy atom. The van der Waals surface area contributed by atoms with E-state index in [1.54, 1.807) is 42.3 Å². The number of methoxy groups -OCH3 is 1. The van der Waals surface area contributed by atoms with Gasteiger partial charge in [0.2, 0.25) is 5.91 Å². The number of hydrogen-bond acceptors (Lipinski definition) is 7. The number of aromatic carboxylic acids is 1. The summed E-state index contributed by atoms with van der Waals surface area (Å²) in [5.41, 5.74) is 13.4. The summed E-state index contributed by atoms with van der Waals surface area (Å²) in [5.74, 6) is -1.64. The average molecular weight is 443 g/mol. The van der Waals surface area contributed by atoms with E-state index in [1.165, 1.54) is 32.1 Å². The third-order valence-electron chi connectivity index (χ3n) is 5.22. The fourth-order valence-corrected chi connectivity index (χ4v) is 3.32. The molecule has 3 rings (SSSR count). The molecular formula is C23H30N4O5. The first-order valence-corrected chi connectivity index (χ1v) is 10.3. The first kappa shape index (κ1) is 24.7. The maximum absolute atomic E-state index is 11.4. The molecule has 1 aliphatic rings. The van der Waals surface area contributed by atoms with Crippen LogP contribution >= 0.6 is 0 Å². The summed E-state index contributed by atoms with van der Waals surface area (Å²) in [4.78, 5) is 34.9. The number of carboxylic acids is 1. The summed E-state index contributed by atoms with van der Waals surface area (Å²) in [6.45, 7) is 0.938. The number of amides is 1. The highest BCUT2D eigenvalue weighted by Crippen LogP contribution is 2.30. The van der Waals surface area contributed by atoms with Crippen molar-refractivity contribution in [1.82, 2.24) is 5.32 Å². The summed E-state index contributed by atoms with van der Waals surface area (Å²) < 4.78 is 4.64. The van der Waals surface area contributed by atoms with Crippen molar-refractivity contribution >= 4 is 34.9 Å². The number of carbonyl (C=O) groups excluding carboxylic acids is 2. The molecule has 6 N–H and O–H groups in total. The number of ether oxygens (including phenoxy) is 1. The molecule has 1 saturated heterocycles. The summed E-state index contributed by atoms with van der Waals surface area (Å²) in [5, 5.41) is 12.2. The lowest BCUT2D eigenvalue weighted by molar-refractivity contribution is -0.120. The summed E-state index contributed by atoms with van der Waals surface area (Å²) in [6, 6.07) is 11.2. The number of anilines is 3.